The number of hydrogen-bond acceptors (Lipinski definition) is 3. The molecule has 3 unspecified atom stereocenters. The lowest BCUT2D eigenvalue weighted by atomic mass is 9.86. The summed E-state index contributed by atoms with van der Waals surface area (Å²) in [5, 5.41) is 0. The van der Waals surface area contributed by atoms with E-state index < -0.39 is 0 Å². The molecule has 3 atom stereocenters. The predicted molar refractivity (Wildman–Crippen MR) is 48.2 cm³/mol. The molecule has 0 radical (unpaired) electrons. The van der Waals surface area contributed by atoms with Crippen LogP contribution in [0.3, 0.4) is 0 Å². The van der Waals surface area contributed by atoms with Gasteiger partial charge in [0.05, 0.1) is 0 Å². The Morgan fingerprint density at radius 1 is 1.46 bits per heavy atom. The van der Waals surface area contributed by atoms with Gasteiger partial charge in [-0.25, -0.2) is 0 Å². The van der Waals surface area contributed by atoms with Gasteiger partial charge in [0.1, 0.15) is 6.61 Å². The fourth-order valence-electron chi connectivity index (χ4n) is 2.34. The maximum Gasteiger partial charge on any atom is 0.183 e. The average molecular weight is 186 g/mol. The van der Waals surface area contributed by atoms with Crippen LogP contribution in [0.4, 0.5) is 0 Å². The number of hydrogen-bond donors (Lipinski definition) is 0. The van der Waals surface area contributed by atoms with Gasteiger partial charge in [0.2, 0.25) is 0 Å². The first-order chi connectivity index (χ1) is 6.24. The van der Waals surface area contributed by atoms with Crippen LogP contribution in [0.1, 0.15) is 32.6 Å². The summed E-state index contributed by atoms with van der Waals surface area (Å²) in [5.74, 6) is 0.405. The molecule has 1 aliphatic heterocycles. The number of methoxy groups -OCH3 is 1. The highest BCUT2D eigenvalue weighted by molar-refractivity contribution is 4.82. The number of ether oxygens (including phenoxy) is 3. The van der Waals surface area contributed by atoms with Crippen molar-refractivity contribution in [1.82, 2.24) is 0 Å². The van der Waals surface area contributed by atoms with Crippen LogP contribution in [0, 0.1) is 5.92 Å². The third-order valence-corrected chi connectivity index (χ3v) is 3.01. The smallest absolute Gasteiger partial charge is 0.183 e. The predicted octanol–water partition coefficient (Wildman–Crippen LogP) is 1.91. The van der Waals surface area contributed by atoms with E-state index in [1.54, 1.807) is 7.11 Å². The van der Waals surface area contributed by atoms with Crippen LogP contribution >= 0.6 is 0 Å². The first kappa shape index (κ1) is 9.44. The Balaban J connectivity index is 1.97. The molecule has 3 nitrogen and oxygen atoms in total. The molecule has 0 aromatic carbocycles. The first-order valence-corrected chi connectivity index (χ1v) is 5.09. The van der Waals surface area contributed by atoms with Crippen molar-refractivity contribution in [2.24, 2.45) is 5.92 Å². The standard InChI is InChI=1S/C10H18O3/c1-8-4-3-5-10(6-8)12-7-9(11-2)13-10/h8-9H,3-7H2,1-2H3. The van der Waals surface area contributed by atoms with E-state index in [0.29, 0.717) is 12.5 Å². The van der Waals surface area contributed by atoms with Crippen LogP contribution in [-0.2, 0) is 14.2 Å². The summed E-state index contributed by atoms with van der Waals surface area (Å²) < 4.78 is 16.6. The van der Waals surface area contributed by atoms with Crippen LogP contribution in [-0.4, -0.2) is 25.8 Å². The van der Waals surface area contributed by atoms with Gasteiger partial charge in [-0.1, -0.05) is 13.3 Å². The van der Waals surface area contributed by atoms with E-state index in [-0.39, 0.29) is 12.1 Å². The highest BCUT2D eigenvalue weighted by Gasteiger charge is 2.44. The van der Waals surface area contributed by atoms with Crippen LogP contribution in [0.25, 0.3) is 0 Å². The second-order valence-corrected chi connectivity index (χ2v) is 4.21. The topological polar surface area (TPSA) is 27.7 Å². The summed E-state index contributed by atoms with van der Waals surface area (Å²) in [4.78, 5) is 0. The van der Waals surface area contributed by atoms with Gasteiger partial charge in [-0.3, -0.25) is 0 Å². The molecule has 1 aliphatic carbocycles. The highest BCUT2D eigenvalue weighted by Crippen LogP contribution is 2.40. The molecule has 0 aromatic heterocycles. The molecule has 76 valence electrons. The van der Waals surface area contributed by atoms with Gasteiger partial charge < -0.3 is 14.2 Å². The molecule has 13 heavy (non-hydrogen) atoms. The third kappa shape index (κ3) is 1.87. The molecule has 0 amide bonds. The molecule has 3 heteroatoms. The third-order valence-electron chi connectivity index (χ3n) is 3.01. The highest BCUT2D eigenvalue weighted by atomic mass is 16.8. The fourth-order valence-corrected chi connectivity index (χ4v) is 2.34. The zero-order chi connectivity index (χ0) is 9.31. The van der Waals surface area contributed by atoms with E-state index in [9.17, 15) is 0 Å². The van der Waals surface area contributed by atoms with Crippen molar-refractivity contribution in [1.29, 1.82) is 0 Å². The van der Waals surface area contributed by atoms with Gasteiger partial charge in [0, 0.05) is 20.0 Å². The molecule has 2 fully saturated rings. The van der Waals surface area contributed by atoms with Crippen LogP contribution < -0.4 is 0 Å². The van der Waals surface area contributed by atoms with Crippen molar-refractivity contribution in [2.75, 3.05) is 13.7 Å². The zero-order valence-corrected chi connectivity index (χ0v) is 8.41. The molecule has 1 saturated heterocycles. The van der Waals surface area contributed by atoms with Crippen molar-refractivity contribution in [3.8, 4) is 0 Å². The number of rotatable bonds is 1. The molecule has 1 spiro atoms. The molecule has 1 saturated carbocycles. The van der Waals surface area contributed by atoms with Crippen molar-refractivity contribution < 1.29 is 14.2 Å². The average Bonchev–Trinajstić information content (AvgIpc) is 2.48. The Morgan fingerprint density at radius 2 is 2.31 bits per heavy atom. The van der Waals surface area contributed by atoms with E-state index in [0.717, 1.165) is 12.8 Å². The first-order valence-electron chi connectivity index (χ1n) is 5.09. The summed E-state index contributed by atoms with van der Waals surface area (Å²) in [6.07, 6.45) is 4.40. The van der Waals surface area contributed by atoms with Crippen molar-refractivity contribution >= 4 is 0 Å². The lowest BCUT2D eigenvalue weighted by molar-refractivity contribution is -0.225. The van der Waals surface area contributed by atoms with Gasteiger partial charge in [0.25, 0.3) is 0 Å². The largest absolute Gasteiger partial charge is 0.353 e. The minimum Gasteiger partial charge on any atom is -0.353 e. The van der Waals surface area contributed by atoms with Crippen LogP contribution in [0.5, 0.6) is 0 Å². The van der Waals surface area contributed by atoms with Crippen LogP contribution in [0.15, 0.2) is 0 Å². The normalized spacial score (nSPS) is 45.7. The minimum absolute atomic E-state index is 0.148. The molecule has 2 aliphatic rings. The molecule has 0 bridgehead atoms. The summed E-state index contributed by atoms with van der Waals surface area (Å²) in [7, 11) is 1.67. The molecule has 2 rings (SSSR count). The Hall–Kier alpha value is -0.120. The van der Waals surface area contributed by atoms with Crippen molar-refractivity contribution in [3.05, 3.63) is 0 Å². The molecular weight excluding hydrogens is 168 g/mol. The summed E-state index contributed by atoms with van der Waals surface area (Å²) >= 11 is 0. The van der Waals surface area contributed by atoms with Gasteiger partial charge in [0.15, 0.2) is 12.1 Å². The molecule has 0 aromatic rings. The zero-order valence-electron chi connectivity index (χ0n) is 8.41. The Kier molecular flexibility index (Phi) is 2.58. The molecular formula is C10H18O3. The van der Waals surface area contributed by atoms with Crippen molar-refractivity contribution in [3.63, 3.8) is 0 Å². The van der Waals surface area contributed by atoms with E-state index in [2.05, 4.69) is 6.92 Å². The molecule has 1 heterocycles. The quantitative estimate of drug-likeness (QED) is 0.626. The lowest BCUT2D eigenvalue weighted by Crippen LogP contribution is -2.36. The second kappa shape index (κ2) is 3.56. The van der Waals surface area contributed by atoms with Gasteiger partial charge in [-0.05, 0) is 12.3 Å². The SMILES string of the molecule is COC1COC2(CCCC(C)C2)O1. The van der Waals surface area contributed by atoms with Crippen LogP contribution in [0.2, 0.25) is 0 Å². The van der Waals surface area contributed by atoms with E-state index in [1.165, 1.54) is 12.8 Å². The second-order valence-electron chi connectivity index (χ2n) is 4.21. The lowest BCUT2D eigenvalue weighted by Gasteiger charge is -2.34. The Morgan fingerprint density at radius 3 is 2.92 bits per heavy atom. The van der Waals surface area contributed by atoms with Gasteiger partial charge in [-0.2, -0.15) is 0 Å². The van der Waals surface area contributed by atoms with E-state index in [4.69, 9.17) is 14.2 Å². The van der Waals surface area contributed by atoms with Crippen molar-refractivity contribution in [2.45, 2.75) is 44.7 Å². The van der Waals surface area contributed by atoms with E-state index in [1.807, 2.05) is 0 Å². The van der Waals surface area contributed by atoms with Gasteiger partial charge >= 0.3 is 0 Å². The summed E-state index contributed by atoms with van der Waals surface area (Å²) in [6.45, 7) is 2.84. The summed E-state index contributed by atoms with van der Waals surface area (Å²) in [6, 6.07) is 0. The monoisotopic (exact) mass is 186 g/mol. The maximum atomic E-state index is 5.76. The Labute approximate surface area is 79.4 Å². The Bertz CT molecular complexity index is 183. The van der Waals surface area contributed by atoms with Gasteiger partial charge in [-0.15, -0.1) is 0 Å². The van der Waals surface area contributed by atoms with E-state index >= 15 is 0 Å². The summed E-state index contributed by atoms with van der Waals surface area (Å²) in [5.41, 5.74) is 0. The fraction of sp³-hybridized carbons (Fsp3) is 1.00. The maximum absolute atomic E-state index is 5.76. The molecule has 0 N–H and O–H groups in total. The minimum atomic E-state index is -0.307.